The highest BCUT2D eigenvalue weighted by atomic mass is 32.2. The first-order chi connectivity index (χ1) is 6.58. The summed E-state index contributed by atoms with van der Waals surface area (Å²) < 4.78 is 10.8. The van der Waals surface area contributed by atoms with Gasteiger partial charge in [-0.3, -0.25) is 9.20 Å². The fourth-order valence-corrected chi connectivity index (χ4v) is 1.79. The third-order valence-electron chi connectivity index (χ3n) is 2.10. The van der Waals surface area contributed by atoms with Crippen LogP contribution in [0.15, 0.2) is 4.99 Å². The fraction of sp³-hybridized carbons (Fsp3) is 0.889. The molecule has 0 bridgehead atoms. The number of guanidine groups is 1. The van der Waals surface area contributed by atoms with Gasteiger partial charge in [0.05, 0.1) is 6.04 Å². The Hall–Kier alpha value is -0.580. The molecular formula is C9H19N3OS. The Morgan fingerprint density at radius 3 is 2.86 bits per heavy atom. The molecule has 0 heterocycles. The molecule has 0 amide bonds. The molecule has 1 saturated carbocycles. The van der Waals surface area contributed by atoms with Crippen LogP contribution in [0.5, 0.6) is 0 Å². The van der Waals surface area contributed by atoms with Gasteiger partial charge in [0.1, 0.15) is 0 Å². The van der Waals surface area contributed by atoms with E-state index in [0.717, 1.165) is 19.3 Å². The van der Waals surface area contributed by atoms with E-state index in [1.807, 2.05) is 6.92 Å². The average Bonchev–Trinajstić information content (AvgIpc) is 2.84. The van der Waals surface area contributed by atoms with Gasteiger partial charge in [-0.05, 0) is 26.2 Å². The lowest BCUT2D eigenvalue weighted by Gasteiger charge is -2.13. The molecule has 0 spiro atoms. The van der Waals surface area contributed by atoms with Gasteiger partial charge in [0.15, 0.2) is 5.96 Å². The minimum Gasteiger partial charge on any atom is -0.370 e. The minimum absolute atomic E-state index is 0.251. The lowest BCUT2D eigenvalue weighted by atomic mass is 10.3. The Balaban J connectivity index is 2.17. The molecule has 1 aliphatic carbocycles. The highest BCUT2D eigenvalue weighted by Gasteiger charge is 2.20. The summed E-state index contributed by atoms with van der Waals surface area (Å²) in [5, 5.41) is 3.10. The minimum atomic E-state index is -0.720. The van der Waals surface area contributed by atoms with Crippen molar-refractivity contribution in [3.63, 3.8) is 0 Å². The first-order valence-electron chi connectivity index (χ1n) is 4.97. The Morgan fingerprint density at radius 2 is 2.36 bits per heavy atom. The molecule has 2 unspecified atom stereocenters. The lowest BCUT2D eigenvalue weighted by molar-refractivity contribution is 0.630. The number of aliphatic imine (C=N–C) groups is 1. The first kappa shape index (κ1) is 11.5. The van der Waals surface area contributed by atoms with Gasteiger partial charge in [-0.15, -0.1) is 0 Å². The summed E-state index contributed by atoms with van der Waals surface area (Å²) in [6, 6.07) is 0.705. The zero-order chi connectivity index (χ0) is 10.6. The number of nitrogens with one attached hydrogen (secondary N) is 1. The molecule has 82 valence electrons. The van der Waals surface area contributed by atoms with Crippen molar-refractivity contribution in [3.8, 4) is 0 Å². The van der Waals surface area contributed by atoms with Crippen molar-refractivity contribution in [1.82, 2.24) is 5.32 Å². The largest absolute Gasteiger partial charge is 0.370 e. The maximum absolute atomic E-state index is 10.8. The SMILES string of the molecule is CC(CCS(C)=O)NC(N)=NC1CC1. The standard InChI is InChI=1S/C9H19N3OS/c1-7(5-6-14(2)13)11-9(10)12-8-3-4-8/h7-8H,3-6H2,1-2H3,(H3,10,11,12). The van der Waals surface area contributed by atoms with Gasteiger partial charge in [0, 0.05) is 28.9 Å². The third-order valence-corrected chi connectivity index (χ3v) is 2.91. The van der Waals surface area contributed by atoms with Crippen LogP contribution < -0.4 is 11.1 Å². The van der Waals surface area contributed by atoms with E-state index in [9.17, 15) is 4.21 Å². The van der Waals surface area contributed by atoms with E-state index in [-0.39, 0.29) is 6.04 Å². The van der Waals surface area contributed by atoms with Crippen molar-refractivity contribution in [1.29, 1.82) is 0 Å². The summed E-state index contributed by atoms with van der Waals surface area (Å²) in [6.07, 6.45) is 4.91. The van der Waals surface area contributed by atoms with Crippen molar-refractivity contribution >= 4 is 16.8 Å². The molecular weight excluding hydrogens is 198 g/mol. The predicted molar refractivity (Wildman–Crippen MR) is 60.8 cm³/mol. The molecule has 4 nitrogen and oxygen atoms in total. The maximum Gasteiger partial charge on any atom is 0.189 e. The third kappa shape index (κ3) is 5.21. The van der Waals surface area contributed by atoms with Gasteiger partial charge in [0.2, 0.25) is 0 Å². The summed E-state index contributed by atoms with van der Waals surface area (Å²) in [5.74, 6) is 1.24. The number of rotatable bonds is 5. The van der Waals surface area contributed by atoms with Crippen LogP contribution in [-0.4, -0.2) is 34.3 Å². The number of hydrogen-bond donors (Lipinski definition) is 2. The summed E-state index contributed by atoms with van der Waals surface area (Å²) >= 11 is 0. The first-order valence-corrected chi connectivity index (χ1v) is 6.70. The Labute approximate surface area is 87.8 Å². The summed E-state index contributed by atoms with van der Waals surface area (Å²) in [5.41, 5.74) is 5.68. The number of nitrogens with two attached hydrogens (primary N) is 1. The van der Waals surface area contributed by atoms with Gasteiger partial charge in [-0.2, -0.15) is 0 Å². The second-order valence-electron chi connectivity index (χ2n) is 3.86. The van der Waals surface area contributed by atoms with Gasteiger partial charge >= 0.3 is 0 Å². The summed E-state index contributed by atoms with van der Waals surface area (Å²) in [7, 11) is -0.720. The van der Waals surface area contributed by atoms with Gasteiger partial charge in [-0.25, -0.2) is 0 Å². The molecule has 2 atom stereocenters. The Morgan fingerprint density at radius 1 is 1.71 bits per heavy atom. The predicted octanol–water partition coefficient (Wildman–Crippen LogP) is 0.210. The number of nitrogens with zero attached hydrogens (tertiary/aromatic N) is 1. The van der Waals surface area contributed by atoms with E-state index in [1.54, 1.807) is 6.26 Å². The van der Waals surface area contributed by atoms with Crippen molar-refractivity contribution in [3.05, 3.63) is 0 Å². The zero-order valence-corrected chi connectivity index (χ0v) is 9.64. The molecule has 0 radical (unpaired) electrons. The Kier molecular flexibility index (Phi) is 4.38. The molecule has 5 heteroatoms. The van der Waals surface area contributed by atoms with E-state index < -0.39 is 10.8 Å². The quantitative estimate of drug-likeness (QED) is 0.511. The maximum atomic E-state index is 10.8. The highest BCUT2D eigenvalue weighted by molar-refractivity contribution is 7.84. The smallest absolute Gasteiger partial charge is 0.189 e. The highest BCUT2D eigenvalue weighted by Crippen LogP contribution is 2.22. The van der Waals surface area contributed by atoms with Crippen LogP contribution in [0.1, 0.15) is 26.2 Å². The van der Waals surface area contributed by atoms with E-state index in [2.05, 4.69) is 10.3 Å². The molecule has 0 saturated heterocycles. The molecule has 0 aromatic rings. The van der Waals surface area contributed by atoms with Gasteiger partial charge < -0.3 is 11.1 Å². The zero-order valence-electron chi connectivity index (χ0n) is 8.82. The van der Waals surface area contributed by atoms with E-state index in [4.69, 9.17) is 5.73 Å². The second-order valence-corrected chi connectivity index (χ2v) is 5.41. The second kappa shape index (κ2) is 5.34. The van der Waals surface area contributed by atoms with E-state index >= 15 is 0 Å². The molecule has 3 N–H and O–H groups in total. The van der Waals surface area contributed by atoms with Gasteiger partial charge in [-0.1, -0.05) is 0 Å². The van der Waals surface area contributed by atoms with Crippen molar-refractivity contribution in [2.45, 2.75) is 38.3 Å². The molecule has 1 aliphatic rings. The fourth-order valence-electron chi connectivity index (χ4n) is 1.10. The van der Waals surface area contributed by atoms with Crippen LogP contribution in [-0.2, 0) is 10.8 Å². The molecule has 14 heavy (non-hydrogen) atoms. The van der Waals surface area contributed by atoms with Crippen LogP contribution in [0.3, 0.4) is 0 Å². The van der Waals surface area contributed by atoms with E-state index in [0.29, 0.717) is 17.8 Å². The summed E-state index contributed by atoms with van der Waals surface area (Å²) in [4.78, 5) is 4.26. The monoisotopic (exact) mass is 217 g/mol. The van der Waals surface area contributed by atoms with Crippen molar-refractivity contribution in [2.24, 2.45) is 10.7 Å². The van der Waals surface area contributed by atoms with Crippen molar-refractivity contribution < 1.29 is 4.21 Å². The van der Waals surface area contributed by atoms with Crippen LogP contribution in [0.2, 0.25) is 0 Å². The number of hydrogen-bond acceptors (Lipinski definition) is 2. The van der Waals surface area contributed by atoms with E-state index in [1.165, 1.54) is 0 Å². The van der Waals surface area contributed by atoms with Crippen LogP contribution in [0.25, 0.3) is 0 Å². The van der Waals surface area contributed by atoms with Crippen LogP contribution >= 0.6 is 0 Å². The average molecular weight is 217 g/mol. The normalized spacial score (nSPS) is 21.7. The summed E-state index contributed by atoms with van der Waals surface area (Å²) in [6.45, 7) is 2.03. The molecule has 1 rings (SSSR count). The van der Waals surface area contributed by atoms with Crippen LogP contribution in [0, 0.1) is 0 Å². The van der Waals surface area contributed by atoms with Gasteiger partial charge in [0.25, 0.3) is 0 Å². The Bertz CT molecular complexity index is 238. The van der Waals surface area contributed by atoms with Crippen LogP contribution in [0.4, 0.5) is 0 Å². The molecule has 1 fully saturated rings. The topological polar surface area (TPSA) is 67.5 Å². The molecule has 0 aromatic heterocycles. The molecule has 0 aliphatic heterocycles. The lowest BCUT2D eigenvalue weighted by Crippen LogP contribution is -2.39. The van der Waals surface area contributed by atoms with Crippen molar-refractivity contribution in [2.75, 3.05) is 12.0 Å². The molecule has 0 aromatic carbocycles.